The van der Waals surface area contributed by atoms with E-state index in [0.717, 1.165) is 6.54 Å². The molecule has 0 rings (SSSR count). The fourth-order valence-corrected chi connectivity index (χ4v) is 0.636. The molecular formula is C9H17NO. The molecule has 0 saturated carbocycles. The van der Waals surface area contributed by atoms with E-state index in [-0.39, 0.29) is 5.91 Å². The molecule has 0 aliphatic rings. The van der Waals surface area contributed by atoms with Gasteiger partial charge in [0.25, 0.3) is 0 Å². The van der Waals surface area contributed by atoms with Crippen LogP contribution >= 0.6 is 0 Å². The predicted molar refractivity (Wildman–Crippen MR) is 49.4 cm³/mol. The summed E-state index contributed by atoms with van der Waals surface area (Å²) >= 11 is 0. The van der Waals surface area contributed by atoms with Gasteiger partial charge in [-0.1, -0.05) is 6.08 Å². The van der Waals surface area contributed by atoms with Crippen LogP contribution in [-0.2, 0) is 4.79 Å². The highest BCUT2D eigenvalue weighted by Crippen LogP contribution is 1.86. The van der Waals surface area contributed by atoms with Crippen molar-refractivity contribution in [3.05, 3.63) is 25.8 Å². The fraction of sp³-hybridized carbons (Fsp3) is 0.444. The molecule has 0 fully saturated rings. The molecule has 0 aromatic rings. The Morgan fingerprint density at radius 1 is 1.55 bits per heavy atom. The number of amides is 1. The molecular weight excluding hydrogens is 138 g/mol. The molecule has 0 heterocycles. The summed E-state index contributed by atoms with van der Waals surface area (Å²) in [6.45, 7) is 14.5. The number of nitrogens with zero attached hydrogens (tertiary/aromatic N) is 1. The first kappa shape index (κ1) is 12.6. The molecule has 0 aromatic carbocycles. The van der Waals surface area contributed by atoms with Gasteiger partial charge < -0.3 is 4.90 Å². The minimum absolute atomic E-state index is 0.109. The first-order valence-electron chi connectivity index (χ1n) is 3.58. The Hall–Kier alpha value is -1.05. The van der Waals surface area contributed by atoms with E-state index in [4.69, 9.17) is 0 Å². The van der Waals surface area contributed by atoms with Crippen molar-refractivity contribution in [2.24, 2.45) is 0 Å². The number of rotatable bonds is 3. The van der Waals surface area contributed by atoms with E-state index in [2.05, 4.69) is 19.7 Å². The maximum absolute atomic E-state index is 10.6. The summed E-state index contributed by atoms with van der Waals surface area (Å²) in [5, 5.41) is 0. The van der Waals surface area contributed by atoms with Gasteiger partial charge in [-0.25, -0.2) is 0 Å². The lowest BCUT2D eigenvalue weighted by molar-refractivity contribution is -0.128. The zero-order valence-corrected chi connectivity index (χ0v) is 7.47. The van der Waals surface area contributed by atoms with Gasteiger partial charge in [-0.05, 0) is 6.92 Å². The van der Waals surface area contributed by atoms with Crippen molar-refractivity contribution in [3.63, 3.8) is 0 Å². The van der Waals surface area contributed by atoms with Gasteiger partial charge in [-0.3, -0.25) is 4.79 Å². The van der Waals surface area contributed by atoms with Gasteiger partial charge in [-0.15, -0.1) is 19.7 Å². The molecule has 0 bridgehead atoms. The van der Waals surface area contributed by atoms with E-state index >= 15 is 0 Å². The molecule has 0 radical (unpaired) electrons. The van der Waals surface area contributed by atoms with E-state index in [1.165, 1.54) is 0 Å². The maximum atomic E-state index is 10.6. The summed E-state index contributed by atoms with van der Waals surface area (Å²) in [6.07, 6.45) is 1.73. The highest BCUT2D eigenvalue weighted by atomic mass is 16.2. The Morgan fingerprint density at radius 2 is 2.00 bits per heavy atom. The summed E-state index contributed by atoms with van der Waals surface area (Å²) in [5.41, 5.74) is 0. The Balaban J connectivity index is 0. The number of likely N-dealkylation sites (N-methyl/N-ethyl adjacent to an activating group) is 1. The topological polar surface area (TPSA) is 20.3 Å². The van der Waals surface area contributed by atoms with Crippen molar-refractivity contribution in [2.45, 2.75) is 13.8 Å². The van der Waals surface area contributed by atoms with Crippen LogP contribution in [-0.4, -0.2) is 23.9 Å². The third-order valence-electron chi connectivity index (χ3n) is 1.18. The highest BCUT2D eigenvalue weighted by Gasteiger charge is 2.00. The quantitative estimate of drug-likeness (QED) is 0.569. The summed E-state index contributed by atoms with van der Waals surface area (Å²) in [4.78, 5) is 12.4. The molecule has 0 spiro atoms. The molecule has 0 aromatic heterocycles. The molecule has 2 nitrogen and oxygen atoms in total. The molecule has 64 valence electrons. The summed E-state index contributed by atoms with van der Waals surface area (Å²) in [6, 6.07) is 0. The Bertz CT molecular complexity index is 121. The van der Waals surface area contributed by atoms with E-state index in [0.29, 0.717) is 6.54 Å². The lowest BCUT2D eigenvalue weighted by Crippen LogP contribution is -2.28. The SMILES string of the molecule is C=C.C=CCN(CC)C(C)=O. The third kappa shape index (κ3) is 6.84. The second kappa shape index (κ2) is 8.95. The van der Waals surface area contributed by atoms with Gasteiger partial charge >= 0.3 is 0 Å². The van der Waals surface area contributed by atoms with Crippen molar-refractivity contribution >= 4 is 5.91 Å². The smallest absolute Gasteiger partial charge is 0.219 e. The normalized spacial score (nSPS) is 7.45. The van der Waals surface area contributed by atoms with Crippen LogP contribution in [0.2, 0.25) is 0 Å². The van der Waals surface area contributed by atoms with Crippen LogP contribution < -0.4 is 0 Å². The number of carbonyl (C=O) groups is 1. The monoisotopic (exact) mass is 155 g/mol. The van der Waals surface area contributed by atoms with Crippen molar-refractivity contribution in [1.82, 2.24) is 4.90 Å². The Kier molecular flexibility index (Phi) is 10.3. The molecule has 0 aliphatic heterocycles. The molecule has 0 unspecified atom stereocenters. The van der Waals surface area contributed by atoms with E-state index in [1.807, 2.05) is 6.92 Å². The minimum Gasteiger partial charge on any atom is -0.340 e. The third-order valence-corrected chi connectivity index (χ3v) is 1.18. The zero-order chi connectivity index (χ0) is 9.28. The van der Waals surface area contributed by atoms with Crippen molar-refractivity contribution in [2.75, 3.05) is 13.1 Å². The van der Waals surface area contributed by atoms with Gasteiger partial charge in [0.15, 0.2) is 0 Å². The van der Waals surface area contributed by atoms with Crippen LogP contribution in [0.4, 0.5) is 0 Å². The van der Waals surface area contributed by atoms with Gasteiger partial charge in [0, 0.05) is 20.0 Å². The summed E-state index contributed by atoms with van der Waals surface area (Å²) in [5.74, 6) is 0.109. The van der Waals surface area contributed by atoms with Gasteiger partial charge in [0.05, 0.1) is 0 Å². The lowest BCUT2D eigenvalue weighted by atomic mass is 10.4. The molecule has 1 amide bonds. The van der Waals surface area contributed by atoms with Crippen LogP contribution in [0.1, 0.15) is 13.8 Å². The average Bonchev–Trinajstić information content (AvgIpc) is 2.03. The van der Waals surface area contributed by atoms with E-state index < -0.39 is 0 Å². The molecule has 0 aliphatic carbocycles. The summed E-state index contributed by atoms with van der Waals surface area (Å²) < 4.78 is 0. The van der Waals surface area contributed by atoms with Crippen LogP contribution in [0.25, 0.3) is 0 Å². The van der Waals surface area contributed by atoms with Gasteiger partial charge in [0.2, 0.25) is 5.91 Å². The number of carbonyl (C=O) groups excluding carboxylic acids is 1. The summed E-state index contributed by atoms with van der Waals surface area (Å²) in [7, 11) is 0. The average molecular weight is 155 g/mol. The molecule has 0 saturated heterocycles. The molecule has 0 N–H and O–H groups in total. The highest BCUT2D eigenvalue weighted by molar-refractivity contribution is 5.73. The fourth-order valence-electron chi connectivity index (χ4n) is 0.636. The second-order valence-electron chi connectivity index (χ2n) is 1.85. The lowest BCUT2D eigenvalue weighted by Gasteiger charge is -2.15. The van der Waals surface area contributed by atoms with Crippen molar-refractivity contribution < 1.29 is 4.79 Å². The maximum Gasteiger partial charge on any atom is 0.219 e. The second-order valence-corrected chi connectivity index (χ2v) is 1.85. The van der Waals surface area contributed by atoms with Crippen LogP contribution in [0.15, 0.2) is 25.8 Å². The molecule has 11 heavy (non-hydrogen) atoms. The van der Waals surface area contributed by atoms with Crippen molar-refractivity contribution in [1.29, 1.82) is 0 Å². The predicted octanol–water partition coefficient (Wildman–Crippen LogP) is 1.84. The van der Waals surface area contributed by atoms with Crippen LogP contribution in [0.3, 0.4) is 0 Å². The first-order valence-corrected chi connectivity index (χ1v) is 3.58. The minimum atomic E-state index is 0.109. The first-order chi connectivity index (χ1) is 5.22. The number of hydrogen-bond donors (Lipinski definition) is 0. The molecule has 0 atom stereocenters. The largest absolute Gasteiger partial charge is 0.340 e. The Labute approximate surface area is 69.2 Å². The Morgan fingerprint density at radius 3 is 2.09 bits per heavy atom. The zero-order valence-electron chi connectivity index (χ0n) is 7.47. The van der Waals surface area contributed by atoms with Gasteiger partial charge in [0.1, 0.15) is 0 Å². The number of hydrogen-bond acceptors (Lipinski definition) is 1. The van der Waals surface area contributed by atoms with Crippen molar-refractivity contribution in [3.8, 4) is 0 Å². The molecule has 2 heteroatoms. The van der Waals surface area contributed by atoms with E-state index in [9.17, 15) is 4.79 Å². The van der Waals surface area contributed by atoms with E-state index in [1.54, 1.807) is 17.9 Å². The van der Waals surface area contributed by atoms with Crippen LogP contribution in [0, 0.1) is 0 Å². The standard InChI is InChI=1S/C7H13NO.C2H4/c1-4-6-8(5-2)7(3)9;1-2/h4H,1,5-6H2,2-3H3;1-2H2. The van der Waals surface area contributed by atoms with Crippen LogP contribution in [0.5, 0.6) is 0 Å². The van der Waals surface area contributed by atoms with Gasteiger partial charge in [-0.2, -0.15) is 0 Å².